The molecule has 0 saturated heterocycles. The Hall–Kier alpha value is -3.86. The Morgan fingerprint density at radius 3 is 2.56 bits per heavy atom. The summed E-state index contributed by atoms with van der Waals surface area (Å²) in [5, 5.41) is 41.8. The van der Waals surface area contributed by atoms with Crippen molar-refractivity contribution in [3.05, 3.63) is 63.2 Å². The summed E-state index contributed by atoms with van der Waals surface area (Å²) >= 11 is 0. The third kappa shape index (κ3) is 3.92. The molecule has 0 aliphatic heterocycles. The van der Waals surface area contributed by atoms with E-state index in [-0.39, 0.29) is 11.1 Å². The van der Waals surface area contributed by atoms with Gasteiger partial charge in [-0.1, -0.05) is 18.2 Å². The van der Waals surface area contributed by atoms with Crippen LogP contribution in [0.5, 0.6) is 11.5 Å². The monoisotopic (exact) mass is 339 g/mol. The van der Waals surface area contributed by atoms with Crippen molar-refractivity contribution >= 4 is 23.4 Å². The molecule has 25 heavy (non-hydrogen) atoms. The third-order valence-electron chi connectivity index (χ3n) is 3.38. The van der Waals surface area contributed by atoms with Gasteiger partial charge < -0.3 is 15.5 Å². The van der Waals surface area contributed by atoms with Gasteiger partial charge in [-0.25, -0.2) is 0 Å². The van der Waals surface area contributed by atoms with Crippen LogP contribution in [0.25, 0.3) is 6.08 Å². The number of nitrogens with one attached hydrogen (secondary N) is 1. The first kappa shape index (κ1) is 17.5. The maximum atomic E-state index is 12.2. The number of nitro groups is 1. The average molecular weight is 339 g/mol. The van der Waals surface area contributed by atoms with Gasteiger partial charge in [-0.15, -0.1) is 0 Å². The fourth-order valence-electron chi connectivity index (χ4n) is 2.05. The molecule has 0 saturated carbocycles. The van der Waals surface area contributed by atoms with E-state index in [9.17, 15) is 30.4 Å². The van der Waals surface area contributed by atoms with Gasteiger partial charge in [-0.05, 0) is 24.6 Å². The highest BCUT2D eigenvalue weighted by molar-refractivity contribution is 6.10. The van der Waals surface area contributed by atoms with E-state index < -0.39 is 28.0 Å². The first-order chi connectivity index (χ1) is 11.8. The first-order valence-electron chi connectivity index (χ1n) is 7.02. The molecule has 2 rings (SSSR count). The number of benzene rings is 2. The number of carbonyl (C=O) groups is 1. The number of amides is 1. The smallest absolute Gasteiger partial charge is 0.311 e. The SMILES string of the molecule is Cc1ccccc1NC(=O)/C(C#N)=C\c1cc([N+](=O)[O-])c(O)cc1O. The molecule has 0 aliphatic carbocycles. The molecule has 0 radical (unpaired) electrons. The van der Waals surface area contributed by atoms with Gasteiger partial charge in [-0.3, -0.25) is 14.9 Å². The predicted molar refractivity (Wildman–Crippen MR) is 89.8 cm³/mol. The minimum absolute atomic E-state index is 0.138. The van der Waals surface area contributed by atoms with Crippen molar-refractivity contribution in [2.24, 2.45) is 0 Å². The summed E-state index contributed by atoms with van der Waals surface area (Å²) in [6, 6.07) is 10.3. The summed E-state index contributed by atoms with van der Waals surface area (Å²) in [4.78, 5) is 22.2. The molecule has 126 valence electrons. The van der Waals surface area contributed by atoms with Gasteiger partial charge in [0.1, 0.15) is 17.4 Å². The van der Waals surface area contributed by atoms with Gasteiger partial charge in [-0.2, -0.15) is 5.26 Å². The van der Waals surface area contributed by atoms with Crippen LogP contribution in [0.4, 0.5) is 11.4 Å². The zero-order valence-electron chi connectivity index (χ0n) is 13.1. The number of nitro benzene ring substituents is 1. The highest BCUT2D eigenvalue weighted by atomic mass is 16.6. The van der Waals surface area contributed by atoms with E-state index in [1.165, 1.54) is 0 Å². The molecule has 0 spiro atoms. The van der Waals surface area contributed by atoms with Gasteiger partial charge in [0.15, 0.2) is 5.75 Å². The molecule has 0 bridgehead atoms. The molecular weight excluding hydrogens is 326 g/mol. The van der Waals surface area contributed by atoms with Crippen molar-refractivity contribution in [1.82, 2.24) is 0 Å². The van der Waals surface area contributed by atoms with Gasteiger partial charge in [0, 0.05) is 23.4 Å². The van der Waals surface area contributed by atoms with Crippen LogP contribution in [0.15, 0.2) is 42.0 Å². The molecule has 2 aromatic rings. The molecule has 0 heterocycles. The summed E-state index contributed by atoms with van der Waals surface area (Å²) in [6.45, 7) is 1.78. The molecule has 0 fully saturated rings. The maximum absolute atomic E-state index is 12.2. The number of carbonyl (C=O) groups excluding carboxylic acids is 1. The number of aryl methyl sites for hydroxylation is 1. The summed E-state index contributed by atoms with van der Waals surface area (Å²) < 4.78 is 0. The normalized spacial score (nSPS) is 10.8. The number of para-hydroxylation sites is 1. The van der Waals surface area contributed by atoms with E-state index in [0.29, 0.717) is 5.69 Å². The van der Waals surface area contributed by atoms with Crippen LogP contribution in [-0.4, -0.2) is 21.0 Å². The van der Waals surface area contributed by atoms with E-state index >= 15 is 0 Å². The fraction of sp³-hybridized carbons (Fsp3) is 0.0588. The second-order valence-electron chi connectivity index (χ2n) is 5.10. The average Bonchev–Trinajstić information content (AvgIpc) is 2.55. The quantitative estimate of drug-likeness (QED) is 0.339. The Balaban J connectivity index is 2.39. The predicted octanol–water partition coefficient (Wildman–Crippen LogP) is 2.86. The minimum atomic E-state index is -0.842. The molecule has 0 atom stereocenters. The second kappa shape index (κ2) is 7.14. The largest absolute Gasteiger partial charge is 0.507 e. The highest BCUT2D eigenvalue weighted by Crippen LogP contribution is 2.34. The van der Waals surface area contributed by atoms with Crippen LogP contribution in [-0.2, 0) is 4.79 Å². The number of hydrogen-bond donors (Lipinski definition) is 3. The van der Waals surface area contributed by atoms with Crippen molar-refractivity contribution in [2.75, 3.05) is 5.32 Å². The molecule has 2 aromatic carbocycles. The third-order valence-corrected chi connectivity index (χ3v) is 3.38. The molecule has 8 nitrogen and oxygen atoms in total. The van der Waals surface area contributed by atoms with Crippen LogP contribution >= 0.6 is 0 Å². The number of rotatable bonds is 4. The summed E-state index contributed by atoms with van der Waals surface area (Å²) in [5.41, 5.74) is 0.144. The van der Waals surface area contributed by atoms with E-state index in [2.05, 4.69) is 5.32 Å². The van der Waals surface area contributed by atoms with Gasteiger partial charge in [0.2, 0.25) is 0 Å². The van der Waals surface area contributed by atoms with E-state index in [4.69, 9.17) is 0 Å². The number of phenolic OH excluding ortho intramolecular Hbond substituents is 2. The standard InChI is InChI=1S/C17H13N3O5/c1-10-4-2-3-5-13(10)19-17(23)12(9-18)6-11-7-14(20(24)25)16(22)8-15(11)21/h2-8,21-22H,1H3,(H,19,23)/b12-6-. The Labute approximate surface area is 142 Å². The number of nitrogens with zero attached hydrogens (tertiary/aromatic N) is 2. The summed E-state index contributed by atoms with van der Waals surface area (Å²) in [5.74, 6) is -1.95. The number of nitriles is 1. The van der Waals surface area contributed by atoms with Crippen LogP contribution in [0, 0.1) is 28.4 Å². The lowest BCUT2D eigenvalue weighted by atomic mass is 10.1. The molecule has 8 heteroatoms. The van der Waals surface area contributed by atoms with Crippen LogP contribution in [0.3, 0.4) is 0 Å². The Morgan fingerprint density at radius 2 is 1.96 bits per heavy atom. The Bertz CT molecular complexity index is 928. The van der Waals surface area contributed by atoms with E-state index in [0.717, 1.165) is 23.8 Å². The number of anilines is 1. The molecule has 0 unspecified atom stereocenters. The molecule has 3 N–H and O–H groups in total. The van der Waals surface area contributed by atoms with Crippen molar-refractivity contribution in [3.8, 4) is 17.6 Å². The fourth-order valence-corrected chi connectivity index (χ4v) is 2.05. The van der Waals surface area contributed by atoms with Crippen molar-refractivity contribution in [3.63, 3.8) is 0 Å². The zero-order chi connectivity index (χ0) is 18.6. The summed E-state index contributed by atoms with van der Waals surface area (Å²) in [6.07, 6.45) is 1.01. The van der Waals surface area contributed by atoms with Crippen LogP contribution in [0.2, 0.25) is 0 Å². The Kier molecular flexibility index (Phi) is 5.00. The summed E-state index contributed by atoms with van der Waals surface area (Å²) in [7, 11) is 0. The van der Waals surface area contributed by atoms with Gasteiger partial charge in [0.25, 0.3) is 5.91 Å². The van der Waals surface area contributed by atoms with Crippen LogP contribution in [0.1, 0.15) is 11.1 Å². The van der Waals surface area contributed by atoms with Crippen molar-refractivity contribution in [2.45, 2.75) is 6.92 Å². The first-order valence-corrected chi connectivity index (χ1v) is 7.02. The lowest BCUT2D eigenvalue weighted by molar-refractivity contribution is -0.385. The van der Waals surface area contributed by atoms with E-state index in [1.54, 1.807) is 37.3 Å². The highest BCUT2D eigenvalue weighted by Gasteiger charge is 2.18. The number of hydrogen-bond acceptors (Lipinski definition) is 6. The number of aromatic hydroxyl groups is 2. The minimum Gasteiger partial charge on any atom is -0.507 e. The second-order valence-corrected chi connectivity index (χ2v) is 5.10. The topological polar surface area (TPSA) is 136 Å². The van der Waals surface area contributed by atoms with Gasteiger partial charge >= 0.3 is 5.69 Å². The van der Waals surface area contributed by atoms with Crippen molar-refractivity contribution < 1.29 is 19.9 Å². The molecular formula is C17H13N3O5. The Morgan fingerprint density at radius 1 is 1.28 bits per heavy atom. The van der Waals surface area contributed by atoms with Gasteiger partial charge in [0.05, 0.1) is 4.92 Å². The van der Waals surface area contributed by atoms with Crippen molar-refractivity contribution in [1.29, 1.82) is 5.26 Å². The molecule has 0 aliphatic rings. The van der Waals surface area contributed by atoms with E-state index in [1.807, 2.05) is 0 Å². The maximum Gasteiger partial charge on any atom is 0.311 e. The zero-order valence-corrected chi connectivity index (χ0v) is 13.1. The molecule has 0 aromatic heterocycles. The number of phenols is 2. The lowest BCUT2D eigenvalue weighted by Gasteiger charge is -2.07. The lowest BCUT2D eigenvalue weighted by Crippen LogP contribution is -2.14. The molecule has 1 amide bonds. The van der Waals surface area contributed by atoms with Crippen LogP contribution < -0.4 is 5.32 Å².